The van der Waals surface area contributed by atoms with Crippen LogP contribution in [-0.2, 0) is 9.53 Å². The van der Waals surface area contributed by atoms with Crippen molar-refractivity contribution in [2.45, 2.75) is 84.7 Å². The molecule has 0 rings (SSSR count). The summed E-state index contributed by atoms with van der Waals surface area (Å²) in [5, 5.41) is 0. The molecule has 0 aromatic rings. The Balaban J connectivity index is 3.40. The first-order chi connectivity index (χ1) is 8.45. The highest BCUT2D eigenvalue weighted by Gasteiger charge is 2.13. The zero-order valence-electron chi connectivity index (χ0n) is 12.6. The molecule has 2 heteroatoms. The van der Waals surface area contributed by atoms with Gasteiger partial charge >= 0.3 is 5.97 Å². The van der Waals surface area contributed by atoms with Crippen LogP contribution in [0.2, 0.25) is 0 Å². The van der Waals surface area contributed by atoms with Gasteiger partial charge in [-0.1, -0.05) is 51.5 Å². The second kappa shape index (κ2) is 10.2. The monoisotopic (exact) mass is 254 g/mol. The van der Waals surface area contributed by atoms with Crippen molar-refractivity contribution in [1.29, 1.82) is 0 Å². The molecule has 0 aliphatic heterocycles. The van der Waals surface area contributed by atoms with E-state index in [2.05, 4.69) is 6.92 Å². The molecule has 0 fully saturated rings. The number of carbonyl (C=O) groups is 1. The van der Waals surface area contributed by atoms with Crippen LogP contribution in [0.15, 0.2) is 12.2 Å². The summed E-state index contributed by atoms with van der Waals surface area (Å²) in [4.78, 5) is 11.4. The summed E-state index contributed by atoms with van der Waals surface area (Å²) in [6, 6.07) is 0. The smallest absolute Gasteiger partial charge is 0.330 e. The van der Waals surface area contributed by atoms with Crippen molar-refractivity contribution < 1.29 is 9.53 Å². The average Bonchev–Trinajstić information content (AvgIpc) is 2.24. The highest BCUT2D eigenvalue weighted by molar-refractivity contribution is 5.82. The van der Waals surface area contributed by atoms with Crippen molar-refractivity contribution in [2.75, 3.05) is 0 Å². The Morgan fingerprint density at radius 1 is 1.00 bits per heavy atom. The molecule has 0 amide bonds. The Labute approximate surface area is 113 Å². The molecular formula is C16H30O2. The molecule has 0 aromatic carbocycles. The SMILES string of the molecule is CCCCCCCCC/C=C/C(=O)OC(C)(C)C. The highest BCUT2D eigenvalue weighted by atomic mass is 16.6. The molecule has 0 radical (unpaired) electrons. The van der Waals surface area contributed by atoms with E-state index in [0.29, 0.717) is 0 Å². The Hall–Kier alpha value is -0.790. The fourth-order valence-corrected chi connectivity index (χ4v) is 1.73. The Morgan fingerprint density at radius 2 is 1.56 bits per heavy atom. The summed E-state index contributed by atoms with van der Waals surface area (Å²) in [6.07, 6.45) is 13.6. The van der Waals surface area contributed by atoms with Crippen molar-refractivity contribution in [3.8, 4) is 0 Å². The minimum atomic E-state index is -0.388. The predicted molar refractivity (Wildman–Crippen MR) is 77.6 cm³/mol. The minimum absolute atomic E-state index is 0.231. The molecular weight excluding hydrogens is 224 g/mol. The molecule has 0 saturated carbocycles. The average molecular weight is 254 g/mol. The van der Waals surface area contributed by atoms with Crippen LogP contribution in [0, 0.1) is 0 Å². The van der Waals surface area contributed by atoms with Gasteiger partial charge in [0.05, 0.1) is 0 Å². The molecule has 0 heterocycles. The zero-order valence-corrected chi connectivity index (χ0v) is 12.6. The molecule has 0 aliphatic carbocycles. The Bertz CT molecular complexity index is 236. The number of allylic oxidation sites excluding steroid dienone is 1. The maximum atomic E-state index is 11.4. The van der Waals surface area contributed by atoms with Crippen LogP contribution in [-0.4, -0.2) is 11.6 Å². The van der Waals surface area contributed by atoms with Gasteiger partial charge in [0.15, 0.2) is 0 Å². The lowest BCUT2D eigenvalue weighted by atomic mass is 10.1. The van der Waals surface area contributed by atoms with Gasteiger partial charge in [-0.15, -0.1) is 0 Å². The van der Waals surface area contributed by atoms with Crippen LogP contribution in [0.5, 0.6) is 0 Å². The molecule has 0 spiro atoms. The predicted octanol–water partition coefficient (Wildman–Crippen LogP) is 5.03. The van der Waals surface area contributed by atoms with Crippen LogP contribution in [0.25, 0.3) is 0 Å². The van der Waals surface area contributed by atoms with Gasteiger partial charge in [-0.2, -0.15) is 0 Å². The lowest BCUT2D eigenvalue weighted by Gasteiger charge is -2.17. The molecule has 0 N–H and O–H groups in total. The first kappa shape index (κ1) is 17.2. The molecule has 0 aliphatic rings. The van der Waals surface area contributed by atoms with E-state index in [-0.39, 0.29) is 11.6 Å². The third kappa shape index (κ3) is 13.3. The molecule has 2 nitrogen and oxygen atoms in total. The van der Waals surface area contributed by atoms with Gasteiger partial charge in [-0.25, -0.2) is 4.79 Å². The highest BCUT2D eigenvalue weighted by Crippen LogP contribution is 2.10. The zero-order chi connectivity index (χ0) is 13.9. The maximum absolute atomic E-state index is 11.4. The van der Waals surface area contributed by atoms with Gasteiger partial charge in [-0.05, 0) is 33.6 Å². The quantitative estimate of drug-likeness (QED) is 0.328. The molecule has 0 unspecified atom stereocenters. The summed E-state index contributed by atoms with van der Waals surface area (Å²) < 4.78 is 5.18. The molecule has 0 bridgehead atoms. The second-order valence-electron chi connectivity index (χ2n) is 5.85. The molecule has 0 aromatic heterocycles. The third-order valence-corrected chi connectivity index (χ3v) is 2.64. The van der Waals surface area contributed by atoms with E-state index >= 15 is 0 Å². The number of hydrogen-bond donors (Lipinski definition) is 0. The van der Waals surface area contributed by atoms with Crippen molar-refractivity contribution >= 4 is 5.97 Å². The van der Waals surface area contributed by atoms with E-state index < -0.39 is 0 Å². The van der Waals surface area contributed by atoms with E-state index in [1.165, 1.54) is 44.9 Å². The maximum Gasteiger partial charge on any atom is 0.330 e. The van der Waals surface area contributed by atoms with E-state index in [1.807, 2.05) is 26.8 Å². The van der Waals surface area contributed by atoms with E-state index in [9.17, 15) is 4.79 Å². The van der Waals surface area contributed by atoms with Gasteiger partial charge in [0, 0.05) is 6.08 Å². The topological polar surface area (TPSA) is 26.3 Å². The van der Waals surface area contributed by atoms with Crippen molar-refractivity contribution in [2.24, 2.45) is 0 Å². The van der Waals surface area contributed by atoms with Gasteiger partial charge in [0.1, 0.15) is 5.60 Å². The first-order valence-corrected chi connectivity index (χ1v) is 7.35. The van der Waals surface area contributed by atoms with Crippen LogP contribution in [0.1, 0.15) is 79.1 Å². The fourth-order valence-electron chi connectivity index (χ4n) is 1.73. The van der Waals surface area contributed by atoms with Gasteiger partial charge in [0.2, 0.25) is 0 Å². The number of esters is 1. The standard InChI is InChI=1S/C16H30O2/c1-5-6-7-8-9-10-11-12-13-14-15(17)18-16(2,3)4/h13-14H,5-12H2,1-4H3/b14-13+. The number of unbranched alkanes of at least 4 members (excludes halogenated alkanes) is 7. The van der Waals surface area contributed by atoms with Gasteiger partial charge in [0.25, 0.3) is 0 Å². The largest absolute Gasteiger partial charge is 0.457 e. The number of hydrogen-bond acceptors (Lipinski definition) is 2. The summed E-state index contributed by atoms with van der Waals surface area (Å²) in [5.41, 5.74) is -0.388. The van der Waals surface area contributed by atoms with Crippen LogP contribution in [0.4, 0.5) is 0 Å². The Kier molecular flexibility index (Phi) is 9.72. The number of ether oxygens (including phenoxy) is 1. The lowest BCUT2D eigenvalue weighted by Crippen LogP contribution is -2.22. The normalized spacial score (nSPS) is 12.0. The van der Waals surface area contributed by atoms with E-state index in [1.54, 1.807) is 6.08 Å². The van der Waals surface area contributed by atoms with Crippen LogP contribution >= 0.6 is 0 Å². The fraction of sp³-hybridized carbons (Fsp3) is 0.812. The minimum Gasteiger partial charge on any atom is -0.457 e. The number of carbonyl (C=O) groups excluding carboxylic acids is 1. The molecule has 106 valence electrons. The van der Waals surface area contributed by atoms with E-state index in [0.717, 1.165) is 6.42 Å². The van der Waals surface area contributed by atoms with Crippen molar-refractivity contribution in [1.82, 2.24) is 0 Å². The molecule has 0 atom stereocenters. The third-order valence-electron chi connectivity index (χ3n) is 2.64. The summed E-state index contributed by atoms with van der Waals surface area (Å²) in [6.45, 7) is 7.89. The Morgan fingerprint density at radius 3 is 2.11 bits per heavy atom. The lowest BCUT2D eigenvalue weighted by molar-refractivity contribution is -0.148. The van der Waals surface area contributed by atoms with Gasteiger partial charge < -0.3 is 4.74 Å². The van der Waals surface area contributed by atoms with E-state index in [4.69, 9.17) is 4.74 Å². The number of rotatable bonds is 9. The van der Waals surface area contributed by atoms with Crippen molar-refractivity contribution in [3.05, 3.63) is 12.2 Å². The van der Waals surface area contributed by atoms with Crippen molar-refractivity contribution in [3.63, 3.8) is 0 Å². The summed E-state index contributed by atoms with van der Waals surface area (Å²) >= 11 is 0. The summed E-state index contributed by atoms with van der Waals surface area (Å²) in [5.74, 6) is -0.231. The second-order valence-corrected chi connectivity index (χ2v) is 5.85. The molecule has 18 heavy (non-hydrogen) atoms. The summed E-state index contributed by atoms with van der Waals surface area (Å²) in [7, 11) is 0. The first-order valence-electron chi connectivity index (χ1n) is 7.35. The van der Waals surface area contributed by atoms with Crippen LogP contribution < -0.4 is 0 Å². The molecule has 0 saturated heterocycles. The van der Waals surface area contributed by atoms with Gasteiger partial charge in [-0.3, -0.25) is 0 Å². The van der Waals surface area contributed by atoms with Crippen LogP contribution in [0.3, 0.4) is 0 Å².